The number of aryl methyl sites for hydroxylation is 1. The summed E-state index contributed by atoms with van der Waals surface area (Å²) < 4.78 is 0. The number of nitrogens with two attached hydrogens (primary N) is 1. The molecule has 1 aliphatic carbocycles. The fourth-order valence-electron chi connectivity index (χ4n) is 3.39. The van der Waals surface area contributed by atoms with Crippen molar-refractivity contribution >= 4 is 18.0 Å². The first-order valence-corrected chi connectivity index (χ1v) is 9.85. The molecule has 1 saturated carbocycles. The minimum absolute atomic E-state index is 0.257. The summed E-state index contributed by atoms with van der Waals surface area (Å²) in [6.45, 7) is 2.45. The van der Waals surface area contributed by atoms with Crippen LogP contribution in [-0.2, 0) is 4.79 Å². The molecule has 1 aliphatic rings. The summed E-state index contributed by atoms with van der Waals surface area (Å²) in [6, 6.07) is 10.8. The number of nitrogens with zero attached hydrogens (tertiary/aromatic N) is 4. The highest BCUT2D eigenvalue weighted by atomic mass is 16.1. The Kier molecular flexibility index (Phi) is 8.77. The number of benzene rings is 1. The van der Waals surface area contributed by atoms with Crippen molar-refractivity contribution in [1.82, 2.24) is 9.97 Å². The number of nitriles is 1. The molecule has 1 fully saturated rings. The predicted octanol–water partition coefficient (Wildman–Crippen LogP) is 3.38. The number of carbonyl (C=O) groups excluding carboxylic acids is 2. The fraction of sp³-hybridized carbons (Fsp3) is 0.409. The zero-order valence-corrected chi connectivity index (χ0v) is 16.8. The summed E-state index contributed by atoms with van der Waals surface area (Å²) in [6.07, 6.45) is 10.1. The lowest BCUT2D eigenvalue weighted by atomic mass is 9.87. The number of amides is 2. The molecule has 1 aromatic carbocycles. The topological polar surface area (TPSA) is 113 Å². The first kappa shape index (κ1) is 22.0. The lowest BCUT2D eigenvalue weighted by Crippen LogP contribution is -2.25. The highest BCUT2D eigenvalue weighted by molar-refractivity contribution is 5.90. The van der Waals surface area contributed by atoms with E-state index >= 15 is 0 Å². The van der Waals surface area contributed by atoms with Crippen LogP contribution in [0.15, 0.2) is 36.5 Å². The summed E-state index contributed by atoms with van der Waals surface area (Å²) in [7, 11) is 0. The van der Waals surface area contributed by atoms with Crippen LogP contribution in [0.25, 0.3) is 0 Å². The molecule has 7 nitrogen and oxygen atoms in total. The molecule has 0 radical (unpaired) electrons. The number of aromatic nitrogens is 2. The van der Waals surface area contributed by atoms with Gasteiger partial charge < -0.3 is 10.6 Å². The summed E-state index contributed by atoms with van der Waals surface area (Å²) in [5, 5.41) is 8.89. The van der Waals surface area contributed by atoms with E-state index in [1.165, 1.54) is 44.4 Å². The highest BCUT2D eigenvalue weighted by Crippen LogP contribution is 2.27. The average molecular weight is 393 g/mol. The van der Waals surface area contributed by atoms with Gasteiger partial charge in [0.05, 0.1) is 11.6 Å². The van der Waals surface area contributed by atoms with Crippen LogP contribution in [0.5, 0.6) is 0 Å². The summed E-state index contributed by atoms with van der Waals surface area (Å²) >= 11 is 0. The van der Waals surface area contributed by atoms with Crippen molar-refractivity contribution in [2.75, 3.05) is 11.4 Å². The van der Waals surface area contributed by atoms with E-state index in [0.717, 1.165) is 31.0 Å². The molecule has 152 valence electrons. The number of anilines is 1. The maximum Gasteiger partial charge on any atom is 0.267 e. The molecule has 0 unspecified atom stereocenters. The molecule has 29 heavy (non-hydrogen) atoms. The van der Waals surface area contributed by atoms with E-state index in [9.17, 15) is 9.59 Å². The van der Waals surface area contributed by atoms with Gasteiger partial charge in [0.15, 0.2) is 0 Å². The van der Waals surface area contributed by atoms with E-state index in [1.54, 1.807) is 24.0 Å². The lowest BCUT2D eigenvalue weighted by Gasteiger charge is -2.24. The monoisotopic (exact) mass is 393 g/mol. The molecule has 0 atom stereocenters. The second kappa shape index (κ2) is 11.5. The number of hydrogen-bond acceptors (Lipinski definition) is 5. The predicted molar refractivity (Wildman–Crippen MR) is 111 cm³/mol. The smallest absolute Gasteiger partial charge is 0.267 e. The lowest BCUT2D eigenvalue weighted by molar-refractivity contribution is -0.107. The van der Waals surface area contributed by atoms with Crippen LogP contribution >= 0.6 is 0 Å². The van der Waals surface area contributed by atoms with Crippen molar-refractivity contribution in [3.05, 3.63) is 53.6 Å². The van der Waals surface area contributed by atoms with Crippen LogP contribution in [0.2, 0.25) is 0 Å². The number of rotatable bonds is 6. The van der Waals surface area contributed by atoms with Crippen molar-refractivity contribution in [2.45, 2.75) is 45.4 Å². The van der Waals surface area contributed by atoms with E-state index in [-0.39, 0.29) is 5.69 Å². The Labute approximate surface area is 171 Å². The molecular weight excluding hydrogens is 366 g/mol. The minimum Gasteiger partial charge on any atom is -0.364 e. The zero-order valence-electron chi connectivity index (χ0n) is 16.8. The molecule has 0 spiro atoms. The Morgan fingerprint density at radius 1 is 1.31 bits per heavy atom. The molecular formula is C22H27N5O2. The average Bonchev–Trinajstić information content (AvgIpc) is 2.75. The van der Waals surface area contributed by atoms with Gasteiger partial charge in [-0.3, -0.25) is 9.59 Å². The third kappa shape index (κ3) is 7.34. The SMILES string of the molecule is Cc1nccc(C(N)=O)n1.N#Cc1cccc(N(C=O)CCC2CCCCC2)c1. The number of carbonyl (C=O) groups is 2. The van der Waals surface area contributed by atoms with Gasteiger partial charge in [-0.15, -0.1) is 0 Å². The van der Waals surface area contributed by atoms with Crippen molar-refractivity contribution in [3.63, 3.8) is 0 Å². The van der Waals surface area contributed by atoms with Gasteiger partial charge in [0.25, 0.3) is 5.91 Å². The van der Waals surface area contributed by atoms with Crippen molar-refractivity contribution in [2.24, 2.45) is 11.7 Å². The van der Waals surface area contributed by atoms with Crippen LogP contribution in [0.1, 0.15) is 60.4 Å². The van der Waals surface area contributed by atoms with Gasteiger partial charge in [-0.25, -0.2) is 9.97 Å². The Bertz CT molecular complexity index is 856. The van der Waals surface area contributed by atoms with Crippen LogP contribution in [-0.4, -0.2) is 28.8 Å². The number of hydrogen-bond donors (Lipinski definition) is 1. The highest BCUT2D eigenvalue weighted by Gasteiger charge is 2.15. The van der Waals surface area contributed by atoms with Crippen LogP contribution < -0.4 is 10.6 Å². The largest absolute Gasteiger partial charge is 0.364 e. The second-order valence-electron chi connectivity index (χ2n) is 7.11. The van der Waals surface area contributed by atoms with E-state index in [2.05, 4.69) is 16.0 Å². The molecule has 0 aliphatic heterocycles. The molecule has 2 N–H and O–H groups in total. The Hall–Kier alpha value is -3.27. The van der Waals surface area contributed by atoms with Crippen LogP contribution in [0.4, 0.5) is 5.69 Å². The Balaban J connectivity index is 0.000000253. The van der Waals surface area contributed by atoms with Gasteiger partial charge >= 0.3 is 0 Å². The molecule has 1 aromatic heterocycles. The van der Waals surface area contributed by atoms with Gasteiger partial charge in [0.1, 0.15) is 11.5 Å². The van der Waals surface area contributed by atoms with Crippen molar-refractivity contribution in [1.29, 1.82) is 5.26 Å². The maximum absolute atomic E-state index is 11.2. The molecule has 2 aromatic rings. The first-order chi connectivity index (χ1) is 14.0. The molecule has 1 heterocycles. The third-order valence-corrected chi connectivity index (χ3v) is 4.97. The van der Waals surface area contributed by atoms with E-state index in [4.69, 9.17) is 11.0 Å². The molecule has 2 amide bonds. The van der Waals surface area contributed by atoms with Gasteiger partial charge in [-0.2, -0.15) is 5.26 Å². The van der Waals surface area contributed by atoms with Gasteiger partial charge in [-0.05, 0) is 43.5 Å². The number of primary amides is 1. The Morgan fingerprint density at radius 3 is 2.66 bits per heavy atom. The van der Waals surface area contributed by atoms with E-state index < -0.39 is 5.91 Å². The minimum atomic E-state index is -0.523. The summed E-state index contributed by atoms with van der Waals surface area (Å²) in [4.78, 5) is 31.0. The quantitative estimate of drug-likeness (QED) is 0.756. The zero-order chi connectivity index (χ0) is 21.1. The van der Waals surface area contributed by atoms with Crippen LogP contribution in [0.3, 0.4) is 0 Å². The standard InChI is InChI=1S/C16H20N2O.C6H7N3O/c17-12-15-7-4-8-16(11-15)18(13-19)10-9-14-5-2-1-3-6-14;1-4-8-3-2-5(9-4)6(7)10/h4,7-8,11,13-14H,1-3,5-6,9-10H2;2-3H,1H3,(H2,7,10). The van der Waals surface area contributed by atoms with Gasteiger partial charge in [-0.1, -0.05) is 38.2 Å². The summed E-state index contributed by atoms with van der Waals surface area (Å²) in [5.41, 5.74) is 6.63. The third-order valence-electron chi connectivity index (χ3n) is 4.97. The fourth-order valence-corrected chi connectivity index (χ4v) is 3.39. The van der Waals surface area contributed by atoms with Gasteiger partial charge in [0.2, 0.25) is 6.41 Å². The van der Waals surface area contributed by atoms with Crippen LogP contribution in [0, 0.1) is 24.2 Å². The van der Waals surface area contributed by atoms with E-state index in [1.807, 2.05) is 12.1 Å². The maximum atomic E-state index is 11.2. The van der Waals surface area contributed by atoms with Gasteiger partial charge in [0, 0.05) is 18.4 Å². The molecule has 3 rings (SSSR count). The normalized spacial score (nSPS) is 13.5. The van der Waals surface area contributed by atoms with Crippen molar-refractivity contribution < 1.29 is 9.59 Å². The van der Waals surface area contributed by atoms with Crippen molar-refractivity contribution in [3.8, 4) is 6.07 Å². The van der Waals surface area contributed by atoms with E-state index in [0.29, 0.717) is 11.4 Å². The molecule has 7 heteroatoms. The Morgan fingerprint density at radius 2 is 2.07 bits per heavy atom. The second-order valence-corrected chi connectivity index (χ2v) is 7.11. The molecule has 0 bridgehead atoms. The molecule has 0 saturated heterocycles. The summed E-state index contributed by atoms with van der Waals surface area (Å²) in [5.74, 6) is 0.789. The first-order valence-electron chi connectivity index (χ1n) is 9.85.